The molecule has 0 bridgehead atoms. The number of amides is 1. The van der Waals surface area contributed by atoms with E-state index in [0.717, 1.165) is 28.7 Å². The van der Waals surface area contributed by atoms with E-state index in [2.05, 4.69) is 0 Å². The van der Waals surface area contributed by atoms with Gasteiger partial charge in [0.2, 0.25) is 0 Å². The third-order valence-corrected chi connectivity index (χ3v) is 4.70. The van der Waals surface area contributed by atoms with Crippen molar-refractivity contribution in [3.8, 4) is 5.75 Å². The third-order valence-electron chi connectivity index (χ3n) is 3.54. The van der Waals surface area contributed by atoms with Gasteiger partial charge >= 0.3 is 0 Å². The van der Waals surface area contributed by atoms with Crippen molar-refractivity contribution in [3.63, 3.8) is 0 Å². The fourth-order valence-electron chi connectivity index (χ4n) is 2.17. The Labute approximate surface area is 115 Å². The average molecular weight is 276 g/mol. The minimum absolute atomic E-state index is 0.0279. The first-order chi connectivity index (χ1) is 9.11. The molecular weight excluding hydrogens is 260 g/mol. The first-order valence-electron chi connectivity index (χ1n) is 6.25. The molecule has 0 radical (unpaired) electrons. The number of methoxy groups -OCH3 is 1. The van der Waals surface area contributed by atoms with Crippen LogP contribution in [0.5, 0.6) is 5.75 Å². The van der Waals surface area contributed by atoms with Gasteiger partial charge in [-0.05, 0) is 31.0 Å². The molecule has 2 aromatic rings. The Hall–Kier alpha value is -1.75. The summed E-state index contributed by atoms with van der Waals surface area (Å²) in [4.78, 5) is 14.8. The lowest BCUT2D eigenvalue weighted by Crippen LogP contribution is -2.28. The van der Waals surface area contributed by atoms with Gasteiger partial charge in [0.15, 0.2) is 0 Å². The lowest BCUT2D eigenvalue weighted by molar-refractivity contribution is 0.0791. The van der Waals surface area contributed by atoms with Crippen LogP contribution in [0, 0.1) is 0 Å². The number of ether oxygens (including phenoxy) is 1. The topological polar surface area (TPSA) is 55.6 Å². The average Bonchev–Trinajstić information content (AvgIpc) is 3.22. The van der Waals surface area contributed by atoms with Crippen LogP contribution >= 0.6 is 11.3 Å². The second kappa shape index (κ2) is 4.42. The lowest BCUT2D eigenvalue weighted by Gasteiger charge is -2.15. The van der Waals surface area contributed by atoms with E-state index in [1.807, 2.05) is 25.2 Å². The summed E-state index contributed by atoms with van der Waals surface area (Å²) < 4.78 is 6.19. The van der Waals surface area contributed by atoms with Gasteiger partial charge in [0.05, 0.1) is 12.8 Å². The first-order valence-corrected chi connectivity index (χ1v) is 7.06. The van der Waals surface area contributed by atoms with Gasteiger partial charge in [0, 0.05) is 23.2 Å². The van der Waals surface area contributed by atoms with Gasteiger partial charge in [-0.15, -0.1) is 11.3 Å². The van der Waals surface area contributed by atoms with Gasteiger partial charge in [0.25, 0.3) is 5.91 Å². The normalized spacial score (nSPS) is 14.6. The molecule has 1 aliphatic carbocycles. The van der Waals surface area contributed by atoms with Gasteiger partial charge in [-0.1, -0.05) is 0 Å². The molecule has 100 valence electrons. The largest absolute Gasteiger partial charge is 0.497 e. The van der Waals surface area contributed by atoms with Gasteiger partial charge in [-0.2, -0.15) is 0 Å². The highest BCUT2D eigenvalue weighted by molar-refractivity contribution is 7.21. The number of nitrogen functional groups attached to an aromatic ring is 1. The van der Waals surface area contributed by atoms with E-state index in [9.17, 15) is 4.79 Å². The Morgan fingerprint density at radius 3 is 2.84 bits per heavy atom. The third kappa shape index (κ3) is 2.04. The maximum Gasteiger partial charge on any atom is 0.266 e. The van der Waals surface area contributed by atoms with Crippen LogP contribution in [-0.2, 0) is 0 Å². The Morgan fingerprint density at radius 1 is 1.47 bits per heavy atom. The molecule has 1 fully saturated rings. The van der Waals surface area contributed by atoms with Crippen LogP contribution in [0.15, 0.2) is 18.2 Å². The SMILES string of the molecule is COc1ccc2c(N)c(C(=O)N(C)C3CC3)sc2c1. The summed E-state index contributed by atoms with van der Waals surface area (Å²) in [5, 5.41) is 0.929. The maximum atomic E-state index is 12.4. The van der Waals surface area contributed by atoms with Crippen molar-refractivity contribution >= 4 is 33.0 Å². The monoisotopic (exact) mass is 276 g/mol. The molecule has 4 nitrogen and oxygen atoms in total. The maximum absolute atomic E-state index is 12.4. The number of fused-ring (bicyclic) bond motifs is 1. The van der Waals surface area contributed by atoms with Crippen molar-refractivity contribution in [2.24, 2.45) is 0 Å². The molecule has 1 saturated carbocycles. The van der Waals surface area contributed by atoms with Crippen molar-refractivity contribution in [1.29, 1.82) is 0 Å². The van der Waals surface area contributed by atoms with Crippen LogP contribution in [0.25, 0.3) is 10.1 Å². The number of hydrogen-bond acceptors (Lipinski definition) is 4. The van der Waals surface area contributed by atoms with Crippen LogP contribution in [0.1, 0.15) is 22.5 Å². The van der Waals surface area contributed by atoms with Crippen molar-refractivity contribution < 1.29 is 9.53 Å². The van der Waals surface area contributed by atoms with E-state index in [-0.39, 0.29) is 5.91 Å². The van der Waals surface area contributed by atoms with E-state index < -0.39 is 0 Å². The van der Waals surface area contributed by atoms with E-state index in [1.165, 1.54) is 11.3 Å². The number of carbonyl (C=O) groups is 1. The molecule has 5 heteroatoms. The minimum Gasteiger partial charge on any atom is -0.497 e. The van der Waals surface area contributed by atoms with Crippen LogP contribution in [0.4, 0.5) is 5.69 Å². The van der Waals surface area contributed by atoms with Crippen LogP contribution in [0.2, 0.25) is 0 Å². The second-order valence-electron chi connectivity index (χ2n) is 4.85. The van der Waals surface area contributed by atoms with Crippen LogP contribution < -0.4 is 10.5 Å². The van der Waals surface area contributed by atoms with Gasteiger partial charge in [-0.25, -0.2) is 0 Å². The zero-order valence-corrected chi connectivity index (χ0v) is 11.8. The molecular formula is C14H16N2O2S. The Kier molecular flexibility index (Phi) is 2.86. The van der Waals surface area contributed by atoms with E-state index in [0.29, 0.717) is 16.6 Å². The van der Waals surface area contributed by atoms with Gasteiger partial charge in [-0.3, -0.25) is 4.79 Å². The Balaban J connectivity index is 2.03. The molecule has 1 aromatic heterocycles. The number of benzene rings is 1. The quantitative estimate of drug-likeness (QED) is 0.937. The highest BCUT2D eigenvalue weighted by Gasteiger charge is 2.31. The summed E-state index contributed by atoms with van der Waals surface area (Å²) in [6, 6.07) is 6.09. The Morgan fingerprint density at radius 2 is 2.21 bits per heavy atom. The van der Waals surface area contributed by atoms with E-state index >= 15 is 0 Å². The van der Waals surface area contributed by atoms with Crippen molar-refractivity contribution in [1.82, 2.24) is 4.90 Å². The summed E-state index contributed by atoms with van der Waals surface area (Å²) in [6.45, 7) is 0. The molecule has 1 amide bonds. The summed E-state index contributed by atoms with van der Waals surface area (Å²) in [5.41, 5.74) is 6.70. The van der Waals surface area contributed by atoms with Crippen molar-refractivity contribution in [2.45, 2.75) is 18.9 Å². The molecule has 0 atom stereocenters. The minimum atomic E-state index is 0.0279. The number of hydrogen-bond donors (Lipinski definition) is 1. The molecule has 0 saturated heterocycles. The van der Waals surface area contributed by atoms with E-state index in [4.69, 9.17) is 10.5 Å². The van der Waals surface area contributed by atoms with Crippen LogP contribution in [0.3, 0.4) is 0 Å². The lowest BCUT2D eigenvalue weighted by atomic mass is 10.2. The predicted molar refractivity (Wildman–Crippen MR) is 77.9 cm³/mol. The van der Waals surface area contributed by atoms with Crippen molar-refractivity contribution in [3.05, 3.63) is 23.1 Å². The number of thiophene rings is 1. The van der Waals surface area contributed by atoms with Crippen molar-refractivity contribution in [2.75, 3.05) is 19.9 Å². The molecule has 1 aliphatic rings. The second-order valence-corrected chi connectivity index (χ2v) is 5.91. The Bertz CT molecular complexity index is 646. The zero-order valence-electron chi connectivity index (χ0n) is 11.0. The summed E-state index contributed by atoms with van der Waals surface area (Å²) >= 11 is 1.44. The highest BCUT2D eigenvalue weighted by Crippen LogP contribution is 2.37. The van der Waals surface area contributed by atoms with E-state index in [1.54, 1.807) is 12.0 Å². The molecule has 3 rings (SSSR count). The molecule has 1 aromatic carbocycles. The smallest absolute Gasteiger partial charge is 0.266 e. The molecule has 0 aliphatic heterocycles. The first kappa shape index (κ1) is 12.3. The summed E-state index contributed by atoms with van der Waals surface area (Å²) in [5.74, 6) is 0.809. The molecule has 2 N–H and O–H groups in total. The molecule has 19 heavy (non-hydrogen) atoms. The fraction of sp³-hybridized carbons (Fsp3) is 0.357. The molecule has 0 unspecified atom stereocenters. The van der Waals surface area contributed by atoms with Crippen LogP contribution in [-0.4, -0.2) is 31.0 Å². The zero-order chi connectivity index (χ0) is 13.6. The standard InChI is InChI=1S/C14H16N2O2S/c1-16(8-3-4-8)14(17)13-12(15)10-6-5-9(18-2)7-11(10)19-13/h5-8H,3-4,15H2,1-2H3. The number of carbonyl (C=O) groups excluding carboxylic acids is 1. The summed E-state index contributed by atoms with van der Waals surface area (Å²) in [7, 11) is 3.48. The molecule has 0 spiro atoms. The predicted octanol–water partition coefficient (Wildman–Crippen LogP) is 2.73. The molecule has 1 heterocycles. The number of nitrogens with zero attached hydrogens (tertiary/aromatic N) is 1. The van der Waals surface area contributed by atoms with Gasteiger partial charge in [0.1, 0.15) is 10.6 Å². The summed E-state index contributed by atoms with van der Waals surface area (Å²) in [6.07, 6.45) is 2.20. The highest BCUT2D eigenvalue weighted by atomic mass is 32.1. The number of anilines is 1. The van der Waals surface area contributed by atoms with Gasteiger partial charge < -0.3 is 15.4 Å². The number of rotatable bonds is 3. The number of nitrogens with two attached hydrogens (primary N) is 1. The fourth-order valence-corrected chi connectivity index (χ4v) is 3.30.